The molecule has 0 atom stereocenters. The third kappa shape index (κ3) is 2.75. The molecule has 0 saturated heterocycles. The van der Waals surface area contributed by atoms with E-state index in [2.05, 4.69) is 9.97 Å². The molecule has 0 bridgehead atoms. The van der Waals surface area contributed by atoms with E-state index in [0.717, 1.165) is 6.07 Å². The summed E-state index contributed by atoms with van der Waals surface area (Å²) in [5.41, 5.74) is -0.0649. The predicted molar refractivity (Wildman–Crippen MR) is 66.9 cm³/mol. The van der Waals surface area contributed by atoms with Crippen molar-refractivity contribution in [3.63, 3.8) is 0 Å². The maximum absolute atomic E-state index is 13.2. The van der Waals surface area contributed by atoms with Crippen LogP contribution in [0.2, 0.25) is 5.15 Å². The molecule has 0 N–H and O–H groups in total. The van der Waals surface area contributed by atoms with Gasteiger partial charge in [-0.3, -0.25) is 0 Å². The third-order valence-electron chi connectivity index (χ3n) is 2.81. The molecule has 0 radical (unpaired) electrons. The van der Waals surface area contributed by atoms with E-state index in [4.69, 9.17) is 11.6 Å². The molecule has 1 aromatic heterocycles. The van der Waals surface area contributed by atoms with Crippen molar-refractivity contribution in [2.75, 3.05) is 0 Å². The van der Waals surface area contributed by atoms with Gasteiger partial charge in [-0.1, -0.05) is 11.6 Å². The molecule has 2 nitrogen and oxygen atoms in total. The summed E-state index contributed by atoms with van der Waals surface area (Å²) in [5.74, 6) is -1.34. The fraction of sp³-hybridized carbons (Fsp3) is 0.231. The average Bonchev–Trinajstić information content (AvgIpc) is 2.33. The van der Waals surface area contributed by atoms with Gasteiger partial charge in [0.25, 0.3) is 0 Å². The third-order valence-corrected chi connectivity index (χ3v) is 3.07. The second kappa shape index (κ2) is 5.01. The van der Waals surface area contributed by atoms with Gasteiger partial charge in [0, 0.05) is 5.56 Å². The normalized spacial score (nSPS) is 11.8. The predicted octanol–water partition coefficient (Wildman–Crippen LogP) is 4.57. The number of aromatic nitrogens is 2. The van der Waals surface area contributed by atoms with E-state index >= 15 is 0 Å². The topological polar surface area (TPSA) is 25.8 Å². The highest BCUT2D eigenvalue weighted by Gasteiger charge is 2.34. The molecule has 106 valence electrons. The van der Waals surface area contributed by atoms with Crippen LogP contribution in [-0.2, 0) is 6.18 Å². The Morgan fingerprint density at radius 1 is 1.05 bits per heavy atom. The van der Waals surface area contributed by atoms with E-state index < -0.39 is 17.6 Å². The van der Waals surface area contributed by atoms with Crippen LogP contribution in [0.5, 0.6) is 0 Å². The first kappa shape index (κ1) is 14.7. The molecule has 0 amide bonds. The molecule has 20 heavy (non-hydrogen) atoms. The number of alkyl halides is 3. The molecule has 0 spiro atoms. The standard InChI is InChI=1S/C13H9ClF4N2/c1-6-7(2)20-12(14)11(19-6)8-3-4-10(15)9(5-8)13(16,17)18/h3-5H,1-2H3. The molecule has 0 aliphatic carbocycles. The molecule has 0 aliphatic heterocycles. The fourth-order valence-corrected chi connectivity index (χ4v) is 1.93. The van der Waals surface area contributed by atoms with Gasteiger partial charge < -0.3 is 0 Å². The van der Waals surface area contributed by atoms with Crippen molar-refractivity contribution in [2.24, 2.45) is 0 Å². The van der Waals surface area contributed by atoms with E-state index in [9.17, 15) is 17.6 Å². The molecule has 2 rings (SSSR count). The van der Waals surface area contributed by atoms with E-state index in [1.165, 1.54) is 6.07 Å². The van der Waals surface area contributed by atoms with Gasteiger partial charge in [0.15, 0.2) is 5.15 Å². The summed E-state index contributed by atoms with van der Waals surface area (Å²) < 4.78 is 51.3. The summed E-state index contributed by atoms with van der Waals surface area (Å²) in [5, 5.41) is -0.0205. The smallest absolute Gasteiger partial charge is 0.248 e. The van der Waals surface area contributed by atoms with Crippen LogP contribution < -0.4 is 0 Å². The molecular weight excluding hydrogens is 296 g/mol. The second-order valence-corrected chi connectivity index (χ2v) is 4.58. The number of aryl methyl sites for hydroxylation is 2. The molecule has 0 unspecified atom stereocenters. The molecule has 2 aromatic rings. The maximum atomic E-state index is 13.2. The molecule has 0 fully saturated rings. The van der Waals surface area contributed by atoms with Crippen LogP contribution in [0.15, 0.2) is 18.2 Å². The number of benzene rings is 1. The Hall–Kier alpha value is -1.69. The van der Waals surface area contributed by atoms with Crippen LogP contribution >= 0.6 is 11.6 Å². The van der Waals surface area contributed by atoms with Crippen LogP contribution in [0.25, 0.3) is 11.3 Å². The van der Waals surface area contributed by atoms with Gasteiger partial charge in [0.2, 0.25) is 0 Å². The Labute approximate surface area is 117 Å². The zero-order valence-corrected chi connectivity index (χ0v) is 11.3. The van der Waals surface area contributed by atoms with Crippen LogP contribution in [0.4, 0.5) is 17.6 Å². The molecule has 1 heterocycles. The van der Waals surface area contributed by atoms with E-state index in [1.54, 1.807) is 13.8 Å². The van der Waals surface area contributed by atoms with Gasteiger partial charge in [-0.25, -0.2) is 14.4 Å². The largest absolute Gasteiger partial charge is 0.419 e. The van der Waals surface area contributed by atoms with Gasteiger partial charge in [0.1, 0.15) is 11.5 Å². The summed E-state index contributed by atoms with van der Waals surface area (Å²) in [4.78, 5) is 8.10. The highest BCUT2D eigenvalue weighted by atomic mass is 35.5. The number of rotatable bonds is 1. The van der Waals surface area contributed by atoms with Crippen molar-refractivity contribution >= 4 is 11.6 Å². The highest BCUT2D eigenvalue weighted by molar-refractivity contribution is 6.31. The Kier molecular flexibility index (Phi) is 3.69. The molecule has 0 aliphatic rings. The van der Waals surface area contributed by atoms with E-state index in [1.807, 2.05) is 0 Å². The van der Waals surface area contributed by atoms with Crippen molar-refractivity contribution in [1.29, 1.82) is 0 Å². The number of halogens is 5. The van der Waals surface area contributed by atoms with Gasteiger partial charge in [0.05, 0.1) is 17.0 Å². The summed E-state index contributed by atoms with van der Waals surface area (Å²) in [6, 6.07) is 2.61. The first-order valence-corrected chi connectivity index (χ1v) is 5.96. The first-order valence-electron chi connectivity index (χ1n) is 5.58. The SMILES string of the molecule is Cc1nc(Cl)c(-c2ccc(F)c(C(F)(F)F)c2)nc1C. The van der Waals surface area contributed by atoms with E-state index in [-0.39, 0.29) is 16.4 Å². The monoisotopic (exact) mass is 304 g/mol. The highest BCUT2D eigenvalue weighted by Crippen LogP contribution is 2.35. The lowest BCUT2D eigenvalue weighted by Crippen LogP contribution is -2.08. The Morgan fingerprint density at radius 3 is 2.25 bits per heavy atom. The van der Waals surface area contributed by atoms with Gasteiger partial charge in [-0.05, 0) is 32.0 Å². The minimum Gasteiger partial charge on any atom is -0.248 e. The van der Waals surface area contributed by atoms with E-state index in [0.29, 0.717) is 17.5 Å². The lowest BCUT2D eigenvalue weighted by molar-refractivity contribution is -0.139. The Morgan fingerprint density at radius 2 is 1.65 bits per heavy atom. The quantitative estimate of drug-likeness (QED) is 0.721. The summed E-state index contributed by atoms with van der Waals surface area (Å²) in [6.07, 6.45) is -4.78. The van der Waals surface area contributed by atoms with Crippen molar-refractivity contribution in [2.45, 2.75) is 20.0 Å². The summed E-state index contributed by atoms with van der Waals surface area (Å²) >= 11 is 5.89. The van der Waals surface area contributed by atoms with Crippen LogP contribution in [0, 0.1) is 19.7 Å². The summed E-state index contributed by atoms with van der Waals surface area (Å²) in [7, 11) is 0. The van der Waals surface area contributed by atoms with Crippen molar-refractivity contribution in [1.82, 2.24) is 9.97 Å². The summed E-state index contributed by atoms with van der Waals surface area (Å²) in [6.45, 7) is 3.35. The van der Waals surface area contributed by atoms with Crippen molar-refractivity contribution < 1.29 is 17.6 Å². The first-order chi connectivity index (χ1) is 9.20. The van der Waals surface area contributed by atoms with Crippen LogP contribution in [-0.4, -0.2) is 9.97 Å². The number of hydrogen-bond donors (Lipinski definition) is 0. The van der Waals surface area contributed by atoms with Gasteiger partial charge >= 0.3 is 6.18 Å². The Bertz CT molecular complexity index is 668. The van der Waals surface area contributed by atoms with Crippen LogP contribution in [0.3, 0.4) is 0 Å². The number of hydrogen-bond acceptors (Lipinski definition) is 2. The second-order valence-electron chi connectivity index (χ2n) is 4.23. The molecular formula is C13H9ClF4N2. The lowest BCUT2D eigenvalue weighted by Gasteiger charge is -2.11. The lowest BCUT2D eigenvalue weighted by atomic mass is 10.1. The minimum absolute atomic E-state index is 0.0205. The average molecular weight is 305 g/mol. The maximum Gasteiger partial charge on any atom is 0.419 e. The fourth-order valence-electron chi connectivity index (χ4n) is 1.65. The Balaban J connectivity index is 2.63. The van der Waals surface area contributed by atoms with Gasteiger partial charge in [-0.15, -0.1) is 0 Å². The molecule has 1 aromatic carbocycles. The van der Waals surface area contributed by atoms with Gasteiger partial charge in [-0.2, -0.15) is 13.2 Å². The van der Waals surface area contributed by atoms with Crippen molar-refractivity contribution in [3.8, 4) is 11.3 Å². The zero-order chi connectivity index (χ0) is 15.1. The minimum atomic E-state index is -4.78. The zero-order valence-electron chi connectivity index (χ0n) is 10.5. The van der Waals surface area contributed by atoms with Crippen LogP contribution in [0.1, 0.15) is 17.0 Å². The molecule has 0 saturated carbocycles. The van der Waals surface area contributed by atoms with Crippen molar-refractivity contribution in [3.05, 3.63) is 46.1 Å². The molecule has 7 heteroatoms. The number of nitrogens with zero attached hydrogens (tertiary/aromatic N) is 2.